The SMILES string of the molecule is Cc1ncc(N)c(C=N)n1. The Kier molecular flexibility index (Phi) is 1.62. The second-order valence-electron chi connectivity index (χ2n) is 1.90. The number of aromatic nitrogens is 2. The highest BCUT2D eigenvalue weighted by Crippen LogP contribution is 2.02. The van der Waals surface area contributed by atoms with Crippen molar-refractivity contribution in [2.75, 3.05) is 5.73 Å². The van der Waals surface area contributed by atoms with E-state index in [4.69, 9.17) is 11.1 Å². The normalized spacial score (nSPS) is 9.30. The Morgan fingerprint density at radius 2 is 2.40 bits per heavy atom. The third-order valence-corrected chi connectivity index (χ3v) is 1.11. The Morgan fingerprint density at radius 3 is 2.90 bits per heavy atom. The molecular weight excluding hydrogens is 128 g/mol. The van der Waals surface area contributed by atoms with Crippen LogP contribution in [0.4, 0.5) is 5.69 Å². The maximum absolute atomic E-state index is 6.89. The van der Waals surface area contributed by atoms with E-state index in [1.54, 1.807) is 6.92 Å². The lowest BCUT2D eigenvalue weighted by atomic mass is 10.4. The van der Waals surface area contributed by atoms with E-state index in [-0.39, 0.29) is 0 Å². The summed E-state index contributed by atoms with van der Waals surface area (Å²) < 4.78 is 0. The maximum Gasteiger partial charge on any atom is 0.126 e. The first-order valence-corrected chi connectivity index (χ1v) is 2.83. The van der Waals surface area contributed by atoms with Crippen LogP contribution in [-0.4, -0.2) is 16.2 Å². The van der Waals surface area contributed by atoms with Crippen LogP contribution in [0.2, 0.25) is 0 Å². The van der Waals surface area contributed by atoms with Crippen molar-refractivity contribution in [2.45, 2.75) is 6.92 Å². The minimum Gasteiger partial charge on any atom is -0.396 e. The summed E-state index contributed by atoms with van der Waals surface area (Å²) in [7, 11) is 0. The molecule has 0 aliphatic heterocycles. The van der Waals surface area contributed by atoms with Gasteiger partial charge >= 0.3 is 0 Å². The molecular formula is C6H8N4. The molecule has 52 valence electrons. The van der Waals surface area contributed by atoms with E-state index >= 15 is 0 Å². The quantitative estimate of drug-likeness (QED) is 0.547. The van der Waals surface area contributed by atoms with Crippen LogP contribution >= 0.6 is 0 Å². The standard InChI is InChI=1S/C6H8N4/c1-4-9-3-5(8)6(2-7)10-4/h2-3,7H,8H2,1H3. The van der Waals surface area contributed by atoms with Gasteiger partial charge in [-0.05, 0) is 6.92 Å². The van der Waals surface area contributed by atoms with Crippen molar-refractivity contribution in [3.05, 3.63) is 17.7 Å². The van der Waals surface area contributed by atoms with Crippen LogP contribution < -0.4 is 5.73 Å². The fraction of sp³-hybridized carbons (Fsp3) is 0.167. The molecule has 10 heavy (non-hydrogen) atoms. The highest BCUT2D eigenvalue weighted by molar-refractivity contribution is 5.81. The summed E-state index contributed by atoms with van der Waals surface area (Å²) in [5.41, 5.74) is 6.35. The molecule has 0 spiro atoms. The average molecular weight is 136 g/mol. The zero-order valence-electron chi connectivity index (χ0n) is 5.63. The number of nitrogens with zero attached hydrogens (tertiary/aromatic N) is 2. The minimum atomic E-state index is 0.445. The number of nitrogen functional groups attached to an aromatic ring is 1. The number of nitrogens with two attached hydrogens (primary N) is 1. The monoisotopic (exact) mass is 136 g/mol. The second-order valence-corrected chi connectivity index (χ2v) is 1.90. The van der Waals surface area contributed by atoms with Gasteiger partial charge in [-0.3, -0.25) is 0 Å². The predicted octanol–water partition coefficient (Wildman–Crippen LogP) is 0.365. The van der Waals surface area contributed by atoms with E-state index < -0.39 is 0 Å². The van der Waals surface area contributed by atoms with E-state index in [2.05, 4.69) is 9.97 Å². The van der Waals surface area contributed by atoms with Gasteiger partial charge in [0, 0.05) is 6.21 Å². The van der Waals surface area contributed by atoms with E-state index in [1.807, 2.05) is 0 Å². The first-order chi connectivity index (χ1) is 4.74. The molecule has 0 unspecified atom stereocenters. The number of rotatable bonds is 1. The number of hydrogen-bond donors (Lipinski definition) is 2. The molecule has 0 saturated heterocycles. The summed E-state index contributed by atoms with van der Waals surface area (Å²) >= 11 is 0. The molecule has 1 heterocycles. The van der Waals surface area contributed by atoms with Gasteiger partial charge in [-0.2, -0.15) is 0 Å². The molecule has 0 atom stereocenters. The zero-order chi connectivity index (χ0) is 7.56. The lowest BCUT2D eigenvalue weighted by Gasteiger charge is -1.96. The van der Waals surface area contributed by atoms with Crippen molar-refractivity contribution in [1.29, 1.82) is 5.41 Å². The Bertz CT molecular complexity index is 256. The third kappa shape index (κ3) is 1.10. The van der Waals surface area contributed by atoms with Crippen molar-refractivity contribution in [3.63, 3.8) is 0 Å². The van der Waals surface area contributed by atoms with Gasteiger partial charge in [-0.15, -0.1) is 0 Å². The number of anilines is 1. The molecule has 0 aliphatic rings. The van der Waals surface area contributed by atoms with Crippen molar-refractivity contribution in [3.8, 4) is 0 Å². The molecule has 1 rings (SSSR count). The molecule has 0 bridgehead atoms. The van der Waals surface area contributed by atoms with E-state index in [0.717, 1.165) is 6.21 Å². The number of aryl methyl sites for hydroxylation is 1. The molecule has 4 heteroatoms. The predicted molar refractivity (Wildman–Crippen MR) is 39.1 cm³/mol. The molecule has 0 amide bonds. The summed E-state index contributed by atoms with van der Waals surface area (Å²) in [6.45, 7) is 1.76. The maximum atomic E-state index is 6.89. The van der Waals surface area contributed by atoms with Crippen LogP contribution in [-0.2, 0) is 0 Å². The fourth-order valence-corrected chi connectivity index (χ4v) is 0.612. The molecule has 0 aliphatic carbocycles. The topological polar surface area (TPSA) is 75.7 Å². The van der Waals surface area contributed by atoms with Crippen molar-refractivity contribution < 1.29 is 0 Å². The molecule has 4 nitrogen and oxygen atoms in total. The average Bonchev–Trinajstić information content (AvgIpc) is 1.94. The van der Waals surface area contributed by atoms with Gasteiger partial charge in [0.2, 0.25) is 0 Å². The Labute approximate surface area is 58.6 Å². The van der Waals surface area contributed by atoms with Gasteiger partial charge in [0.15, 0.2) is 0 Å². The summed E-state index contributed by atoms with van der Waals surface area (Å²) in [5.74, 6) is 0.632. The van der Waals surface area contributed by atoms with Gasteiger partial charge in [0.05, 0.1) is 11.9 Å². The van der Waals surface area contributed by atoms with Crippen LogP contribution in [0.3, 0.4) is 0 Å². The lowest BCUT2D eigenvalue weighted by Crippen LogP contribution is -1.99. The first-order valence-electron chi connectivity index (χ1n) is 2.83. The van der Waals surface area contributed by atoms with E-state index in [9.17, 15) is 0 Å². The Balaban J connectivity index is 3.21. The van der Waals surface area contributed by atoms with Gasteiger partial charge in [0.1, 0.15) is 11.5 Å². The van der Waals surface area contributed by atoms with Gasteiger partial charge in [-0.1, -0.05) is 0 Å². The minimum absolute atomic E-state index is 0.445. The molecule has 1 aromatic rings. The van der Waals surface area contributed by atoms with Gasteiger partial charge in [0.25, 0.3) is 0 Å². The largest absolute Gasteiger partial charge is 0.396 e. The van der Waals surface area contributed by atoms with Gasteiger partial charge < -0.3 is 11.1 Å². The van der Waals surface area contributed by atoms with Crippen LogP contribution in [0.25, 0.3) is 0 Å². The van der Waals surface area contributed by atoms with Crippen molar-refractivity contribution in [1.82, 2.24) is 9.97 Å². The third-order valence-electron chi connectivity index (χ3n) is 1.11. The van der Waals surface area contributed by atoms with Crippen molar-refractivity contribution >= 4 is 11.9 Å². The van der Waals surface area contributed by atoms with Crippen molar-refractivity contribution in [2.24, 2.45) is 0 Å². The fourth-order valence-electron chi connectivity index (χ4n) is 0.612. The Morgan fingerprint density at radius 1 is 1.70 bits per heavy atom. The first kappa shape index (κ1) is 6.67. The van der Waals surface area contributed by atoms with E-state index in [1.165, 1.54) is 6.20 Å². The molecule has 1 aromatic heterocycles. The van der Waals surface area contributed by atoms with Crippen LogP contribution in [0.5, 0.6) is 0 Å². The van der Waals surface area contributed by atoms with Crippen LogP contribution in [0, 0.1) is 12.3 Å². The zero-order valence-corrected chi connectivity index (χ0v) is 5.63. The molecule has 0 radical (unpaired) electrons. The van der Waals surface area contributed by atoms with Crippen LogP contribution in [0.1, 0.15) is 11.5 Å². The highest BCUT2D eigenvalue weighted by Gasteiger charge is 1.96. The number of nitrogens with one attached hydrogen (secondary N) is 1. The molecule has 0 saturated carbocycles. The molecule has 0 fully saturated rings. The lowest BCUT2D eigenvalue weighted by molar-refractivity contribution is 1.05. The second kappa shape index (κ2) is 2.43. The van der Waals surface area contributed by atoms with Gasteiger partial charge in [-0.25, -0.2) is 9.97 Å². The summed E-state index contributed by atoms with van der Waals surface area (Å²) in [6, 6.07) is 0. The highest BCUT2D eigenvalue weighted by atomic mass is 14.9. The smallest absolute Gasteiger partial charge is 0.126 e. The van der Waals surface area contributed by atoms with E-state index in [0.29, 0.717) is 17.2 Å². The summed E-state index contributed by atoms with van der Waals surface area (Å²) in [4.78, 5) is 7.76. The number of hydrogen-bond acceptors (Lipinski definition) is 4. The Hall–Kier alpha value is -1.45. The summed E-state index contributed by atoms with van der Waals surface area (Å²) in [5, 5.41) is 6.89. The molecule has 0 aromatic carbocycles. The molecule has 3 N–H and O–H groups in total. The van der Waals surface area contributed by atoms with Crippen LogP contribution in [0.15, 0.2) is 6.20 Å². The summed E-state index contributed by atoms with van der Waals surface area (Å²) in [6.07, 6.45) is 2.62.